The number of carbonyl (C=O) groups excluding carboxylic acids is 1. The average molecular weight is 433 g/mol. The van der Waals surface area contributed by atoms with Crippen LogP contribution in [0.3, 0.4) is 0 Å². The highest BCUT2D eigenvalue weighted by Gasteiger charge is 2.12. The zero-order chi connectivity index (χ0) is 22.3. The van der Waals surface area contributed by atoms with Gasteiger partial charge in [0.25, 0.3) is 0 Å². The number of nitrogens with one attached hydrogen (secondary N) is 2. The van der Waals surface area contributed by atoms with Gasteiger partial charge in [0.05, 0.1) is 12.1 Å². The molecule has 2 aromatic carbocycles. The lowest BCUT2D eigenvalue weighted by Gasteiger charge is -2.09. The third-order valence-electron chi connectivity index (χ3n) is 4.93. The number of carbonyl (C=O) groups is 1. The van der Waals surface area contributed by atoms with E-state index in [9.17, 15) is 9.18 Å². The Morgan fingerprint density at radius 3 is 2.81 bits per heavy atom. The van der Waals surface area contributed by atoms with Crippen LogP contribution in [0.5, 0.6) is 5.75 Å². The molecule has 2 heterocycles. The number of H-pyrrole nitrogens is 1. The molecule has 164 valence electrons. The van der Waals surface area contributed by atoms with Gasteiger partial charge >= 0.3 is 5.97 Å². The minimum Gasteiger partial charge on any atom is -0.490 e. The van der Waals surface area contributed by atoms with E-state index in [1.807, 2.05) is 30.3 Å². The molecular formula is C25H24FN3O3. The quantitative estimate of drug-likeness (QED) is 0.295. The number of benzene rings is 2. The highest BCUT2D eigenvalue weighted by molar-refractivity contribution is 5.96. The second-order valence-corrected chi connectivity index (χ2v) is 7.24. The molecule has 2 N–H and O–H groups in total. The number of rotatable bonds is 9. The Balaban J connectivity index is 1.32. The molecule has 0 bridgehead atoms. The van der Waals surface area contributed by atoms with E-state index in [1.54, 1.807) is 31.5 Å². The van der Waals surface area contributed by atoms with Gasteiger partial charge in [-0.2, -0.15) is 0 Å². The summed E-state index contributed by atoms with van der Waals surface area (Å²) < 4.78 is 24.4. The van der Waals surface area contributed by atoms with Gasteiger partial charge in [-0.25, -0.2) is 9.18 Å². The highest BCUT2D eigenvalue weighted by atomic mass is 19.1. The minimum absolute atomic E-state index is 0.269. The maximum absolute atomic E-state index is 13.5. The fourth-order valence-electron chi connectivity index (χ4n) is 3.44. The van der Waals surface area contributed by atoms with Gasteiger partial charge in [-0.15, -0.1) is 0 Å². The maximum atomic E-state index is 13.5. The van der Waals surface area contributed by atoms with E-state index in [0.29, 0.717) is 37.7 Å². The number of para-hydroxylation sites is 1. The van der Waals surface area contributed by atoms with Crippen LogP contribution < -0.4 is 10.1 Å². The number of aromatic nitrogens is 2. The van der Waals surface area contributed by atoms with E-state index >= 15 is 0 Å². The Bertz CT molecular complexity index is 1220. The van der Waals surface area contributed by atoms with Crippen molar-refractivity contribution in [2.24, 2.45) is 0 Å². The average Bonchev–Trinajstić information content (AvgIpc) is 3.25. The van der Waals surface area contributed by atoms with Gasteiger partial charge < -0.3 is 19.8 Å². The molecule has 0 saturated carbocycles. The number of hydrogen-bond acceptors (Lipinski definition) is 5. The molecule has 0 amide bonds. The summed E-state index contributed by atoms with van der Waals surface area (Å²) >= 11 is 0. The minimum atomic E-state index is -0.384. The van der Waals surface area contributed by atoms with E-state index in [2.05, 4.69) is 15.3 Å². The topological polar surface area (TPSA) is 76.2 Å². The van der Waals surface area contributed by atoms with Gasteiger partial charge in [0.15, 0.2) is 0 Å². The van der Waals surface area contributed by atoms with Crippen LogP contribution >= 0.6 is 0 Å². The van der Waals surface area contributed by atoms with E-state index in [1.165, 1.54) is 12.1 Å². The zero-order valence-electron chi connectivity index (χ0n) is 17.7. The van der Waals surface area contributed by atoms with Gasteiger partial charge in [0.2, 0.25) is 0 Å². The third kappa shape index (κ3) is 5.12. The first-order valence-electron chi connectivity index (χ1n) is 10.5. The zero-order valence-corrected chi connectivity index (χ0v) is 17.7. The Morgan fingerprint density at radius 2 is 1.97 bits per heavy atom. The monoisotopic (exact) mass is 433 g/mol. The summed E-state index contributed by atoms with van der Waals surface area (Å²) in [5, 5.41) is 4.21. The van der Waals surface area contributed by atoms with Gasteiger partial charge in [-0.3, -0.25) is 4.98 Å². The Kier molecular flexibility index (Phi) is 6.77. The van der Waals surface area contributed by atoms with Crippen molar-refractivity contribution in [2.75, 3.05) is 19.8 Å². The summed E-state index contributed by atoms with van der Waals surface area (Å²) in [6.07, 6.45) is 3.51. The number of halogens is 1. The summed E-state index contributed by atoms with van der Waals surface area (Å²) in [6.45, 7) is 3.77. The first kappa shape index (κ1) is 21.5. The van der Waals surface area contributed by atoms with Crippen molar-refractivity contribution < 1.29 is 18.7 Å². The number of ether oxygens (including phenoxy) is 2. The molecule has 4 rings (SSSR count). The summed E-state index contributed by atoms with van der Waals surface area (Å²) in [6, 6.07) is 15.9. The van der Waals surface area contributed by atoms with Crippen LogP contribution in [0.1, 0.15) is 23.0 Å². The second kappa shape index (κ2) is 10.1. The molecule has 2 aromatic heterocycles. The van der Waals surface area contributed by atoms with Crippen molar-refractivity contribution in [3.63, 3.8) is 0 Å². The molecule has 7 heteroatoms. The summed E-state index contributed by atoms with van der Waals surface area (Å²) in [5.74, 6) is 0.0228. The summed E-state index contributed by atoms with van der Waals surface area (Å²) in [7, 11) is 0. The SMILES string of the molecule is CCOC(=O)c1cc2cccc(OCCNCc3cncc(-c4cccc(F)c4)c3)c2[nH]1. The predicted molar refractivity (Wildman–Crippen MR) is 121 cm³/mol. The first-order valence-corrected chi connectivity index (χ1v) is 10.5. The van der Waals surface area contributed by atoms with E-state index in [-0.39, 0.29) is 11.8 Å². The van der Waals surface area contributed by atoms with Crippen LogP contribution in [0, 0.1) is 5.82 Å². The lowest BCUT2D eigenvalue weighted by atomic mass is 10.1. The van der Waals surface area contributed by atoms with Crippen LogP contribution in [0.2, 0.25) is 0 Å². The summed E-state index contributed by atoms with van der Waals surface area (Å²) in [5.41, 5.74) is 3.83. The molecular weight excluding hydrogens is 409 g/mol. The molecule has 0 atom stereocenters. The number of fused-ring (bicyclic) bond motifs is 1. The standard InChI is InChI=1S/C25H24FN3O3/c1-2-31-25(30)22-13-19-6-4-8-23(24(19)29-22)32-10-9-27-14-17-11-20(16-28-15-17)18-5-3-7-21(26)12-18/h3-8,11-13,15-16,27,29H,2,9-10,14H2,1H3. The molecule has 0 aliphatic rings. The number of hydrogen-bond donors (Lipinski definition) is 2. The van der Waals surface area contributed by atoms with Crippen molar-refractivity contribution in [3.8, 4) is 16.9 Å². The fraction of sp³-hybridized carbons (Fsp3) is 0.200. The van der Waals surface area contributed by atoms with Crippen molar-refractivity contribution in [1.82, 2.24) is 15.3 Å². The van der Waals surface area contributed by atoms with Crippen LogP contribution in [-0.4, -0.2) is 35.7 Å². The van der Waals surface area contributed by atoms with Gasteiger partial charge in [-0.05, 0) is 48.4 Å². The Hall–Kier alpha value is -3.71. The largest absolute Gasteiger partial charge is 0.490 e. The van der Waals surface area contributed by atoms with Crippen LogP contribution in [-0.2, 0) is 11.3 Å². The van der Waals surface area contributed by atoms with Crippen LogP contribution in [0.25, 0.3) is 22.0 Å². The Labute approximate surface area is 185 Å². The molecule has 0 spiro atoms. The first-order chi connectivity index (χ1) is 15.6. The predicted octanol–water partition coefficient (Wildman–Crippen LogP) is 4.71. The highest BCUT2D eigenvalue weighted by Crippen LogP contribution is 2.26. The molecule has 0 unspecified atom stereocenters. The molecule has 0 radical (unpaired) electrons. The smallest absolute Gasteiger partial charge is 0.354 e. The molecule has 0 saturated heterocycles. The third-order valence-corrected chi connectivity index (χ3v) is 4.93. The molecule has 0 aliphatic heterocycles. The van der Waals surface area contributed by atoms with Crippen LogP contribution in [0.15, 0.2) is 67.0 Å². The molecule has 0 aliphatic carbocycles. The fourth-order valence-corrected chi connectivity index (χ4v) is 3.44. The number of aromatic amines is 1. The van der Waals surface area contributed by atoms with Crippen LogP contribution in [0.4, 0.5) is 4.39 Å². The number of nitrogens with zero attached hydrogens (tertiary/aromatic N) is 1. The normalized spacial score (nSPS) is 10.9. The maximum Gasteiger partial charge on any atom is 0.354 e. The van der Waals surface area contributed by atoms with Gasteiger partial charge in [0.1, 0.15) is 23.9 Å². The van der Waals surface area contributed by atoms with Crippen molar-refractivity contribution in [2.45, 2.75) is 13.5 Å². The van der Waals surface area contributed by atoms with E-state index in [4.69, 9.17) is 9.47 Å². The molecule has 4 aromatic rings. The lowest BCUT2D eigenvalue weighted by Crippen LogP contribution is -2.20. The number of esters is 1. The lowest BCUT2D eigenvalue weighted by molar-refractivity contribution is 0.0520. The van der Waals surface area contributed by atoms with E-state index in [0.717, 1.165) is 27.6 Å². The molecule has 0 fully saturated rings. The molecule has 6 nitrogen and oxygen atoms in total. The molecule has 32 heavy (non-hydrogen) atoms. The van der Waals surface area contributed by atoms with Gasteiger partial charge in [0, 0.05) is 36.4 Å². The van der Waals surface area contributed by atoms with Crippen molar-refractivity contribution in [1.29, 1.82) is 0 Å². The van der Waals surface area contributed by atoms with Gasteiger partial charge in [-0.1, -0.05) is 24.3 Å². The summed E-state index contributed by atoms with van der Waals surface area (Å²) in [4.78, 5) is 19.3. The Morgan fingerprint density at radius 1 is 1.09 bits per heavy atom. The van der Waals surface area contributed by atoms with Crippen molar-refractivity contribution >= 4 is 16.9 Å². The van der Waals surface area contributed by atoms with E-state index < -0.39 is 0 Å². The second-order valence-electron chi connectivity index (χ2n) is 7.24. The van der Waals surface area contributed by atoms with Crippen molar-refractivity contribution in [3.05, 3.63) is 84.1 Å². The number of pyridine rings is 1.